The van der Waals surface area contributed by atoms with E-state index in [9.17, 15) is 13.2 Å². The van der Waals surface area contributed by atoms with Gasteiger partial charge in [-0.1, -0.05) is 0 Å². The van der Waals surface area contributed by atoms with Crippen molar-refractivity contribution in [2.24, 2.45) is 5.92 Å². The zero-order valence-electron chi connectivity index (χ0n) is 11.2. The maximum atomic E-state index is 11.4. The van der Waals surface area contributed by atoms with Crippen molar-refractivity contribution in [2.75, 3.05) is 12.9 Å². The topological polar surface area (TPSA) is 81.7 Å². The molecule has 1 rings (SSSR count). The Morgan fingerprint density at radius 3 is 2.33 bits per heavy atom. The molecule has 0 heterocycles. The molecule has 0 bridgehead atoms. The van der Waals surface area contributed by atoms with Gasteiger partial charge in [0.1, 0.15) is 5.60 Å². The van der Waals surface area contributed by atoms with Crippen LogP contribution in [0, 0.1) is 5.92 Å². The summed E-state index contributed by atoms with van der Waals surface area (Å²) in [6, 6.07) is -0.00286. The van der Waals surface area contributed by atoms with Crippen molar-refractivity contribution in [3.63, 3.8) is 0 Å². The Hall–Kier alpha value is -0.820. The molecular weight excluding hydrogens is 258 g/mol. The van der Waals surface area contributed by atoms with Gasteiger partial charge in [-0.3, -0.25) is 4.18 Å². The van der Waals surface area contributed by atoms with Gasteiger partial charge < -0.3 is 10.1 Å². The predicted molar refractivity (Wildman–Crippen MR) is 66.7 cm³/mol. The Kier molecular flexibility index (Phi) is 4.61. The second-order valence-electron chi connectivity index (χ2n) is 5.57. The average molecular weight is 279 g/mol. The normalized spacial score (nSPS) is 24.2. The minimum absolute atomic E-state index is 0.00286. The first-order valence-electron chi connectivity index (χ1n) is 5.89. The van der Waals surface area contributed by atoms with Crippen LogP contribution in [0.3, 0.4) is 0 Å². The first-order valence-corrected chi connectivity index (χ1v) is 7.47. The summed E-state index contributed by atoms with van der Waals surface area (Å²) in [5.74, 6) is 0.0607. The smallest absolute Gasteiger partial charge is 0.407 e. The fourth-order valence-electron chi connectivity index (χ4n) is 1.82. The quantitative estimate of drug-likeness (QED) is 0.784. The van der Waals surface area contributed by atoms with E-state index in [0.717, 1.165) is 7.11 Å². The van der Waals surface area contributed by atoms with E-state index >= 15 is 0 Å². The molecule has 0 aromatic rings. The number of hydrogen-bond donors (Lipinski definition) is 1. The molecule has 0 aliphatic heterocycles. The maximum Gasteiger partial charge on any atom is 0.407 e. The monoisotopic (exact) mass is 279 g/mol. The number of carbonyl (C=O) groups excluding carboxylic acids is 1. The summed E-state index contributed by atoms with van der Waals surface area (Å²) in [6.07, 6.45) is 0.824. The van der Waals surface area contributed by atoms with Crippen LogP contribution in [0.5, 0.6) is 0 Å². The van der Waals surface area contributed by atoms with Crippen LogP contribution in [0.25, 0.3) is 0 Å². The van der Waals surface area contributed by atoms with Crippen molar-refractivity contribution in [1.29, 1.82) is 0 Å². The third-order valence-corrected chi connectivity index (χ3v) is 4.04. The summed E-state index contributed by atoms with van der Waals surface area (Å²) in [4.78, 5) is 11.4. The van der Waals surface area contributed by atoms with Gasteiger partial charge in [0.05, 0.1) is 12.9 Å². The second-order valence-corrected chi connectivity index (χ2v) is 7.35. The van der Waals surface area contributed by atoms with E-state index in [1.54, 1.807) is 20.8 Å². The molecule has 7 heteroatoms. The molecule has 0 aromatic carbocycles. The summed E-state index contributed by atoms with van der Waals surface area (Å²) in [5.41, 5.74) is -0.521. The molecule has 0 saturated heterocycles. The van der Waals surface area contributed by atoms with Gasteiger partial charge in [-0.2, -0.15) is 8.42 Å². The number of nitrogens with one attached hydrogen (secondary N) is 1. The fraction of sp³-hybridized carbons (Fsp3) is 0.909. The Labute approximate surface area is 108 Å². The van der Waals surface area contributed by atoms with Gasteiger partial charge in [-0.05, 0) is 39.5 Å². The van der Waals surface area contributed by atoms with Crippen molar-refractivity contribution in [1.82, 2.24) is 5.32 Å². The lowest BCUT2D eigenvalue weighted by atomic mass is 9.82. The number of rotatable bonds is 4. The minimum Gasteiger partial charge on any atom is -0.444 e. The highest BCUT2D eigenvalue weighted by Crippen LogP contribution is 2.29. The second kappa shape index (κ2) is 5.44. The molecule has 1 N–H and O–H groups in total. The number of hydrogen-bond acceptors (Lipinski definition) is 5. The molecule has 106 valence electrons. The van der Waals surface area contributed by atoms with Crippen molar-refractivity contribution in [2.45, 2.75) is 45.3 Å². The third kappa shape index (κ3) is 5.22. The predicted octanol–water partition coefficient (Wildman–Crippen LogP) is 1.27. The van der Waals surface area contributed by atoms with Crippen molar-refractivity contribution < 1.29 is 22.1 Å². The molecule has 0 spiro atoms. The third-order valence-electron chi connectivity index (χ3n) is 2.65. The Bertz CT molecular complexity index is 392. The maximum absolute atomic E-state index is 11.4. The van der Waals surface area contributed by atoms with E-state index in [1.807, 2.05) is 0 Å². The summed E-state index contributed by atoms with van der Waals surface area (Å²) >= 11 is 0. The van der Waals surface area contributed by atoms with Crippen LogP contribution in [0.4, 0.5) is 4.79 Å². The number of amides is 1. The molecular formula is C11H21NO5S. The zero-order valence-corrected chi connectivity index (χ0v) is 12.0. The van der Waals surface area contributed by atoms with Gasteiger partial charge in [-0.15, -0.1) is 0 Å². The lowest BCUT2D eigenvalue weighted by molar-refractivity contribution is 0.0459. The standard InChI is InChI=1S/C11H21NO5S/c1-11(2,3)17-10(13)12-9-5-8(6-9)7-18(14,15)16-4/h8-9H,5-7H2,1-4H3,(H,12,13)/t8-,9-. The summed E-state index contributed by atoms with van der Waals surface area (Å²) < 4.78 is 31.9. The zero-order chi connectivity index (χ0) is 14.0. The molecule has 1 fully saturated rings. The Morgan fingerprint density at radius 1 is 1.33 bits per heavy atom. The lowest BCUT2D eigenvalue weighted by Gasteiger charge is -2.35. The molecule has 1 amide bonds. The van der Waals surface area contributed by atoms with Crippen molar-refractivity contribution in [3.8, 4) is 0 Å². The number of carbonyl (C=O) groups is 1. The van der Waals surface area contributed by atoms with Gasteiger partial charge in [0.2, 0.25) is 0 Å². The first-order chi connectivity index (χ1) is 8.11. The van der Waals surface area contributed by atoms with Gasteiger partial charge in [0.15, 0.2) is 0 Å². The Balaban J connectivity index is 2.26. The van der Waals surface area contributed by atoms with E-state index in [-0.39, 0.29) is 17.7 Å². The molecule has 0 unspecified atom stereocenters. The van der Waals surface area contributed by atoms with E-state index in [1.165, 1.54) is 0 Å². The van der Waals surface area contributed by atoms with Crippen LogP contribution in [-0.4, -0.2) is 39.0 Å². The molecule has 6 nitrogen and oxygen atoms in total. The lowest BCUT2D eigenvalue weighted by Crippen LogP contribution is -2.47. The SMILES string of the molecule is COS(=O)(=O)C[C@H]1C[C@H](NC(=O)OC(C)(C)C)C1. The largest absolute Gasteiger partial charge is 0.444 e. The van der Waals surface area contributed by atoms with Crippen LogP contribution < -0.4 is 5.32 Å². The molecule has 0 radical (unpaired) electrons. The van der Waals surface area contributed by atoms with Gasteiger partial charge >= 0.3 is 6.09 Å². The van der Waals surface area contributed by atoms with Crippen LogP contribution in [0.15, 0.2) is 0 Å². The van der Waals surface area contributed by atoms with Gasteiger partial charge in [0, 0.05) is 6.04 Å². The van der Waals surface area contributed by atoms with Gasteiger partial charge in [-0.25, -0.2) is 4.79 Å². The highest BCUT2D eigenvalue weighted by Gasteiger charge is 2.34. The van der Waals surface area contributed by atoms with E-state index in [2.05, 4.69) is 9.50 Å². The summed E-state index contributed by atoms with van der Waals surface area (Å²) in [5, 5.41) is 2.71. The highest BCUT2D eigenvalue weighted by molar-refractivity contribution is 7.86. The first kappa shape index (κ1) is 15.2. The number of ether oxygens (including phenoxy) is 1. The molecule has 1 saturated carbocycles. The molecule has 1 aliphatic rings. The minimum atomic E-state index is -3.40. The fourth-order valence-corrected chi connectivity index (χ4v) is 2.81. The summed E-state index contributed by atoms with van der Waals surface area (Å²) in [6.45, 7) is 5.38. The molecule has 1 aliphatic carbocycles. The molecule has 0 atom stereocenters. The van der Waals surface area contributed by atoms with Crippen LogP contribution >= 0.6 is 0 Å². The highest BCUT2D eigenvalue weighted by atomic mass is 32.2. The van der Waals surface area contributed by atoms with Gasteiger partial charge in [0.25, 0.3) is 10.1 Å². The average Bonchev–Trinajstić information content (AvgIpc) is 2.11. The van der Waals surface area contributed by atoms with Crippen molar-refractivity contribution >= 4 is 16.2 Å². The van der Waals surface area contributed by atoms with Crippen LogP contribution in [0.1, 0.15) is 33.6 Å². The van der Waals surface area contributed by atoms with Crippen LogP contribution in [0.2, 0.25) is 0 Å². The van der Waals surface area contributed by atoms with E-state index in [4.69, 9.17) is 4.74 Å². The number of alkyl carbamates (subject to hydrolysis) is 1. The molecule has 0 aromatic heterocycles. The van der Waals surface area contributed by atoms with Crippen molar-refractivity contribution in [3.05, 3.63) is 0 Å². The van der Waals surface area contributed by atoms with E-state index in [0.29, 0.717) is 12.8 Å². The van der Waals surface area contributed by atoms with Crippen LogP contribution in [-0.2, 0) is 19.0 Å². The Morgan fingerprint density at radius 2 is 1.89 bits per heavy atom. The van der Waals surface area contributed by atoms with E-state index < -0.39 is 21.8 Å². The summed E-state index contributed by atoms with van der Waals surface area (Å²) in [7, 11) is -2.25. The molecule has 18 heavy (non-hydrogen) atoms.